The van der Waals surface area contributed by atoms with Gasteiger partial charge in [0.05, 0.1) is 24.9 Å². The number of aliphatic hydroxyl groups excluding tert-OH is 1. The molecule has 0 aromatic carbocycles. The molecule has 5 nitrogen and oxygen atoms in total. The molecule has 0 aliphatic heterocycles. The molecular weight excluding hydrogens is 399 g/mol. The summed E-state index contributed by atoms with van der Waals surface area (Å²) in [6.45, 7) is 1.93. The van der Waals surface area contributed by atoms with Crippen molar-refractivity contribution in [2.75, 3.05) is 12.5 Å². The molecule has 2 atom stereocenters. The van der Waals surface area contributed by atoms with E-state index in [1.165, 1.54) is 83.3 Å². The highest BCUT2D eigenvalue weighted by Crippen LogP contribution is 2.43. The third-order valence-electron chi connectivity index (χ3n) is 4.62. The van der Waals surface area contributed by atoms with Crippen molar-refractivity contribution in [1.82, 2.24) is 0 Å². The normalized spacial score (nSPS) is 15.0. The fourth-order valence-corrected chi connectivity index (χ4v) is 3.65. The molecule has 0 bridgehead atoms. The van der Waals surface area contributed by atoms with E-state index < -0.39 is 13.9 Å². The van der Waals surface area contributed by atoms with E-state index in [0.29, 0.717) is 0 Å². The maximum atomic E-state index is 11.5. The van der Waals surface area contributed by atoms with Crippen LogP contribution in [0.4, 0.5) is 0 Å². The van der Waals surface area contributed by atoms with E-state index in [0.717, 1.165) is 19.3 Å². The van der Waals surface area contributed by atoms with Gasteiger partial charge in [0, 0.05) is 0 Å². The molecule has 0 saturated carbocycles. The Labute approximate surface area is 177 Å². The number of hydrogen-bond donors (Lipinski definition) is 2. The number of unbranched alkanes of at least 4 members (excludes halogenated alkanes) is 14. The number of phosphoric acid groups is 1. The summed E-state index contributed by atoms with van der Waals surface area (Å²) < 4.78 is 20.8. The topological polar surface area (TPSA) is 76.0 Å². The Hall–Kier alpha value is -0.0600. The zero-order valence-corrected chi connectivity index (χ0v) is 19.3. The molecule has 7 heteroatoms. The third-order valence-corrected chi connectivity index (χ3v) is 5.84. The molecule has 28 heavy (non-hydrogen) atoms. The molecule has 0 radical (unpaired) electrons. The van der Waals surface area contributed by atoms with Gasteiger partial charge in [-0.15, -0.1) is 11.6 Å². The lowest BCUT2D eigenvalue weighted by Crippen LogP contribution is -2.15. The van der Waals surface area contributed by atoms with Crippen LogP contribution in [0, 0.1) is 0 Å². The first kappa shape index (κ1) is 27.9. The number of aliphatic hydroxyl groups is 1. The smallest absolute Gasteiger partial charge is 0.412 e. The Balaban J connectivity index is 3.34. The summed E-state index contributed by atoms with van der Waals surface area (Å²) in [5, 5.41) is 9.18. The minimum Gasteiger partial charge on any atom is -0.412 e. The average molecular weight is 441 g/mol. The first-order valence-corrected chi connectivity index (χ1v) is 13.1. The number of alkyl halides is 1. The number of rotatable bonds is 21. The number of hydrogen-bond acceptors (Lipinski definition) is 4. The van der Waals surface area contributed by atoms with Gasteiger partial charge in [0.25, 0.3) is 0 Å². The summed E-state index contributed by atoms with van der Waals surface area (Å²) >= 11 is 5.38. The van der Waals surface area contributed by atoms with Gasteiger partial charge in [-0.2, -0.15) is 0 Å². The molecule has 0 aromatic heterocycles. The van der Waals surface area contributed by atoms with Gasteiger partial charge in [-0.3, -0.25) is 9.42 Å². The van der Waals surface area contributed by atoms with Gasteiger partial charge in [0.2, 0.25) is 0 Å². The molecule has 0 fully saturated rings. The summed E-state index contributed by atoms with van der Waals surface area (Å²) in [7, 11) is -4.15. The zero-order valence-electron chi connectivity index (χ0n) is 17.7. The van der Waals surface area contributed by atoms with Crippen LogP contribution in [0.1, 0.15) is 103 Å². The molecule has 0 aromatic rings. The Bertz CT molecular complexity index is 406. The van der Waals surface area contributed by atoms with Crippen LogP contribution >= 0.6 is 19.4 Å². The van der Waals surface area contributed by atoms with Crippen molar-refractivity contribution in [2.24, 2.45) is 0 Å². The van der Waals surface area contributed by atoms with Crippen LogP contribution in [-0.2, 0) is 13.6 Å². The van der Waals surface area contributed by atoms with Crippen molar-refractivity contribution in [1.29, 1.82) is 0 Å². The first-order valence-electron chi connectivity index (χ1n) is 11.1. The molecule has 0 aliphatic carbocycles. The molecule has 0 rings (SSSR count). The monoisotopic (exact) mass is 440 g/mol. The van der Waals surface area contributed by atoms with Crippen molar-refractivity contribution in [3.8, 4) is 0 Å². The first-order chi connectivity index (χ1) is 13.5. The predicted octanol–water partition coefficient (Wildman–Crippen LogP) is 7.10. The van der Waals surface area contributed by atoms with E-state index in [9.17, 15) is 14.6 Å². The van der Waals surface area contributed by atoms with E-state index >= 15 is 0 Å². The van der Waals surface area contributed by atoms with Crippen LogP contribution in [0.5, 0.6) is 0 Å². The summed E-state index contributed by atoms with van der Waals surface area (Å²) in [5.74, 6) is -0.0606. The van der Waals surface area contributed by atoms with Gasteiger partial charge in [-0.25, -0.2) is 4.57 Å². The Kier molecular flexibility index (Phi) is 20.2. The highest BCUT2D eigenvalue weighted by atomic mass is 35.5. The lowest BCUT2D eigenvalue weighted by atomic mass is 10.0. The lowest BCUT2D eigenvalue weighted by molar-refractivity contribution is 0.0966. The standard InChI is InChI=1S/C21H42ClO5P/c1-2-3-4-5-6-7-8-9-10-11-12-13-14-15-16-17-18-26-28(24,25)27-20-21(23)19-22/h17-18,21,23H,2-16,19-20H2,1H3,(H,24,25)/b18-17+. The van der Waals surface area contributed by atoms with Crippen molar-refractivity contribution in [3.05, 3.63) is 12.3 Å². The molecule has 2 unspecified atom stereocenters. The van der Waals surface area contributed by atoms with Gasteiger partial charge in [-0.1, -0.05) is 90.4 Å². The Morgan fingerprint density at radius 2 is 1.36 bits per heavy atom. The van der Waals surface area contributed by atoms with Crippen LogP contribution in [0.2, 0.25) is 0 Å². The maximum Gasteiger partial charge on any atom is 0.526 e. The third kappa shape index (κ3) is 20.7. The van der Waals surface area contributed by atoms with E-state index in [1.54, 1.807) is 6.08 Å². The lowest BCUT2D eigenvalue weighted by Gasteiger charge is -2.12. The second kappa shape index (κ2) is 20.2. The van der Waals surface area contributed by atoms with Crippen LogP contribution < -0.4 is 0 Å². The summed E-state index contributed by atoms with van der Waals surface area (Å²) in [6.07, 6.45) is 21.3. The summed E-state index contributed by atoms with van der Waals surface area (Å²) in [5.41, 5.74) is 0. The number of allylic oxidation sites excluding steroid dienone is 1. The van der Waals surface area contributed by atoms with Crippen LogP contribution in [-0.4, -0.2) is 28.6 Å². The second-order valence-corrected chi connectivity index (χ2v) is 9.15. The van der Waals surface area contributed by atoms with Crippen molar-refractivity contribution in [3.63, 3.8) is 0 Å². The zero-order chi connectivity index (χ0) is 20.9. The molecule has 0 heterocycles. The van der Waals surface area contributed by atoms with Gasteiger partial charge in [0.15, 0.2) is 0 Å². The minimum atomic E-state index is -4.15. The van der Waals surface area contributed by atoms with Crippen molar-refractivity contribution < 1.29 is 23.6 Å². The molecule has 0 spiro atoms. The molecule has 2 N–H and O–H groups in total. The SMILES string of the molecule is CCCCCCCCCCCCCCCC/C=C/OP(=O)(O)OCC(O)CCl. The minimum absolute atomic E-state index is 0.0606. The number of halogens is 1. The fraction of sp³-hybridized carbons (Fsp3) is 0.905. The van der Waals surface area contributed by atoms with E-state index in [-0.39, 0.29) is 12.5 Å². The molecule has 0 aliphatic rings. The van der Waals surface area contributed by atoms with Crippen LogP contribution in [0.3, 0.4) is 0 Å². The van der Waals surface area contributed by atoms with Gasteiger partial charge in [0.1, 0.15) is 0 Å². The second-order valence-electron chi connectivity index (χ2n) is 7.43. The fourth-order valence-electron chi connectivity index (χ4n) is 2.90. The van der Waals surface area contributed by atoms with E-state index in [2.05, 4.69) is 11.4 Å². The summed E-state index contributed by atoms with van der Waals surface area (Å²) in [4.78, 5) is 9.39. The Morgan fingerprint density at radius 1 is 0.893 bits per heavy atom. The molecule has 168 valence electrons. The van der Waals surface area contributed by atoms with Gasteiger partial charge in [-0.05, 0) is 18.9 Å². The van der Waals surface area contributed by atoms with Crippen LogP contribution in [0.25, 0.3) is 0 Å². The van der Waals surface area contributed by atoms with E-state index in [1.807, 2.05) is 0 Å². The quantitative estimate of drug-likeness (QED) is 0.0860. The Morgan fingerprint density at radius 3 is 1.82 bits per heavy atom. The number of phosphoric ester groups is 1. The van der Waals surface area contributed by atoms with Crippen molar-refractivity contribution in [2.45, 2.75) is 109 Å². The van der Waals surface area contributed by atoms with Gasteiger partial charge >= 0.3 is 7.82 Å². The maximum absolute atomic E-state index is 11.5. The van der Waals surface area contributed by atoms with E-state index in [4.69, 9.17) is 16.1 Å². The van der Waals surface area contributed by atoms with Crippen LogP contribution in [0.15, 0.2) is 12.3 Å². The predicted molar refractivity (Wildman–Crippen MR) is 118 cm³/mol. The molecule has 0 saturated heterocycles. The highest BCUT2D eigenvalue weighted by molar-refractivity contribution is 7.47. The van der Waals surface area contributed by atoms with Gasteiger partial charge < -0.3 is 9.63 Å². The molecule has 0 amide bonds. The van der Waals surface area contributed by atoms with Crippen molar-refractivity contribution >= 4 is 19.4 Å². The largest absolute Gasteiger partial charge is 0.526 e. The average Bonchev–Trinajstić information content (AvgIpc) is 2.68. The highest BCUT2D eigenvalue weighted by Gasteiger charge is 2.22. The summed E-state index contributed by atoms with van der Waals surface area (Å²) in [6, 6.07) is 0. The molecular formula is C21H42ClO5P.